The van der Waals surface area contributed by atoms with E-state index >= 15 is 0 Å². The third-order valence-corrected chi connectivity index (χ3v) is 2.37. The molecule has 0 fully saturated rings. The van der Waals surface area contributed by atoms with Crippen LogP contribution in [0.5, 0.6) is 0 Å². The average molecular weight is 273 g/mol. The number of allylic oxidation sites excluding steroid dienone is 2. The smallest absolute Gasteiger partial charge is 0.243 e. The van der Waals surface area contributed by atoms with Crippen molar-refractivity contribution in [2.24, 2.45) is 5.92 Å². The second kappa shape index (κ2) is 12.1. The van der Waals surface area contributed by atoms with Crippen LogP contribution in [0.25, 0.3) is 0 Å². The average Bonchev–Trinajstić information content (AvgIpc) is 2.41. The summed E-state index contributed by atoms with van der Waals surface area (Å²) in [5.41, 5.74) is 0. The van der Waals surface area contributed by atoms with E-state index in [9.17, 15) is 9.90 Å². The number of nitrogens with one attached hydrogen (secondary N) is 1. The maximum Gasteiger partial charge on any atom is 0.243 e. The Balaban J connectivity index is 3.72. The predicted octanol–water partition coefficient (Wildman–Crippen LogP) is 2.04. The highest BCUT2D eigenvalue weighted by Crippen LogP contribution is 2.02. The lowest BCUT2D eigenvalue weighted by Crippen LogP contribution is -2.25. The van der Waals surface area contributed by atoms with Crippen molar-refractivity contribution in [3.8, 4) is 24.2 Å². The summed E-state index contributed by atoms with van der Waals surface area (Å²) in [5.74, 6) is 7.62. The molecule has 2 N–H and O–H groups in total. The van der Waals surface area contributed by atoms with Crippen LogP contribution < -0.4 is 5.32 Å². The summed E-state index contributed by atoms with van der Waals surface area (Å²) in [6.45, 7) is 4.78. The maximum atomic E-state index is 11.4. The Morgan fingerprint density at radius 3 is 2.85 bits per heavy atom. The highest BCUT2D eigenvalue weighted by Gasteiger charge is 1.98. The lowest BCUT2D eigenvalue weighted by molar-refractivity contribution is -0.116. The maximum absolute atomic E-state index is 11.4. The Bertz CT molecular complexity index is 430. The van der Waals surface area contributed by atoms with Gasteiger partial charge in [0.25, 0.3) is 0 Å². The van der Waals surface area contributed by atoms with Gasteiger partial charge in [0.2, 0.25) is 5.91 Å². The first kappa shape index (κ1) is 18.0. The molecule has 0 aromatic carbocycles. The molecule has 1 atom stereocenters. The van der Waals surface area contributed by atoms with Crippen molar-refractivity contribution in [1.29, 1.82) is 0 Å². The first-order chi connectivity index (χ1) is 9.56. The van der Waals surface area contributed by atoms with Crippen LogP contribution >= 0.6 is 0 Å². The van der Waals surface area contributed by atoms with Gasteiger partial charge in [0.15, 0.2) is 0 Å². The molecule has 0 heterocycles. The van der Waals surface area contributed by atoms with Crippen LogP contribution in [0, 0.1) is 30.1 Å². The van der Waals surface area contributed by atoms with E-state index in [1.54, 1.807) is 18.2 Å². The Morgan fingerprint density at radius 2 is 2.20 bits per heavy atom. The normalized spacial score (nSPS) is 12.2. The molecular formula is C17H23NO2. The van der Waals surface area contributed by atoms with Crippen LogP contribution in [0.1, 0.15) is 33.1 Å². The molecule has 0 aliphatic carbocycles. The van der Waals surface area contributed by atoms with Gasteiger partial charge in [-0.3, -0.25) is 4.79 Å². The fraction of sp³-hybridized carbons (Fsp3) is 0.471. The van der Waals surface area contributed by atoms with Crippen LogP contribution in [0.3, 0.4) is 0 Å². The number of carbonyl (C=O) groups is 1. The van der Waals surface area contributed by atoms with Crippen molar-refractivity contribution < 1.29 is 9.90 Å². The monoisotopic (exact) mass is 273 g/mol. The largest absolute Gasteiger partial charge is 0.389 e. The molecule has 0 saturated heterocycles. The van der Waals surface area contributed by atoms with E-state index in [1.807, 2.05) is 19.9 Å². The number of aliphatic hydroxyl groups excluding tert-OH is 1. The Labute approximate surface area is 122 Å². The molecule has 0 aliphatic rings. The lowest BCUT2D eigenvalue weighted by atomic mass is 10.1. The van der Waals surface area contributed by atoms with Gasteiger partial charge in [-0.2, -0.15) is 0 Å². The summed E-state index contributed by atoms with van der Waals surface area (Å²) in [4.78, 5) is 11.4. The van der Waals surface area contributed by atoms with Crippen molar-refractivity contribution in [3.63, 3.8) is 0 Å². The van der Waals surface area contributed by atoms with Crippen molar-refractivity contribution in [3.05, 3.63) is 24.3 Å². The Hall–Kier alpha value is -1.97. The van der Waals surface area contributed by atoms with Crippen LogP contribution in [-0.2, 0) is 4.79 Å². The number of terminal acetylenes is 1. The zero-order valence-electron chi connectivity index (χ0n) is 12.2. The van der Waals surface area contributed by atoms with Crippen molar-refractivity contribution >= 4 is 5.91 Å². The fourth-order valence-electron chi connectivity index (χ4n) is 1.34. The molecule has 0 spiro atoms. The molecule has 1 amide bonds. The SMILES string of the molecule is C#CC#CC=CC(O)CCCC=CC(=O)NCC(C)C. The lowest BCUT2D eigenvalue weighted by Gasteiger charge is -2.04. The van der Waals surface area contributed by atoms with E-state index in [4.69, 9.17) is 6.42 Å². The summed E-state index contributed by atoms with van der Waals surface area (Å²) in [5, 5.41) is 12.4. The number of hydrogen-bond acceptors (Lipinski definition) is 2. The molecule has 3 nitrogen and oxygen atoms in total. The minimum absolute atomic E-state index is 0.0660. The molecule has 3 heteroatoms. The van der Waals surface area contributed by atoms with Crippen LogP contribution in [0.2, 0.25) is 0 Å². The second-order valence-electron chi connectivity index (χ2n) is 4.81. The molecule has 1 unspecified atom stereocenters. The van der Waals surface area contributed by atoms with Gasteiger partial charge in [0, 0.05) is 6.54 Å². The molecule has 0 aromatic rings. The third kappa shape index (κ3) is 12.5. The van der Waals surface area contributed by atoms with E-state index in [2.05, 4.69) is 23.1 Å². The van der Waals surface area contributed by atoms with Crippen LogP contribution in [0.4, 0.5) is 0 Å². The standard InChI is InChI=1S/C17H23NO2/c1-4-5-6-8-11-16(19)12-9-7-10-13-17(20)18-14-15(2)3/h1,8,10-11,13,15-16,19H,7,9,12,14H2,2-3H3,(H,18,20). The molecule has 20 heavy (non-hydrogen) atoms. The van der Waals surface area contributed by atoms with Gasteiger partial charge in [0.05, 0.1) is 6.10 Å². The van der Waals surface area contributed by atoms with Gasteiger partial charge in [-0.05, 0) is 55.2 Å². The van der Waals surface area contributed by atoms with Crippen LogP contribution in [0.15, 0.2) is 24.3 Å². The zero-order valence-corrected chi connectivity index (χ0v) is 12.2. The number of rotatable bonds is 8. The highest BCUT2D eigenvalue weighted by molar-refractivity contribution is 5.87. The topological polar surface area (TPSA) is 49.3 Å². The summed E-state index contributed by atoms with van der Waals surface area (Å²) < 4.78 is 0. The molecule has 0 bridgehead atoms. The van der Waals surface area contributed by atoms with Gasteiger partial charge in [0.1, 0.15) is 0 Å². The summed E-state index contributed by atoms with van der Waals surface area (Å²) in [6, 6.07) is 0. The highest BCUT2D eigenvalue weighted by atomic mass is 16.3. The number of amides is 1. The molecule has 0 radical (unpaired) electrons. The fourth-order valence-corrected chi connectivity index (χ4v) is 1.34. The summed E-state index contributed by atoms with van der Waals surface area (Å²) in [6.07, 6.45) is 13.2. The van der Waals surface area contributed by atoms with E-state index < -0.39 is 6.10 Å². The predicted molar refractivity (Wildman–Crippen MR) is 82.6 cm³/mol. The quantitative estimate of drug-likeness (QED) is 0.404. The van der Waals surface area contributed by atoms with Gasteiger partial charge in [-0.25, -0.2) is 0 Å². The first-order valence-electron chi connectivity index (χ1n) is 6.81. The number of unbranched alkanes of at least 4 members (excludes halogenated alkanes) is 1. The number of carbonyl (C=O) groups excluding carboxylic acids is 1. The van der Waals surface area contributed by atoms with Gasteiger partial charge < -0.3 is 10.4 Å². The number of hydrogen-bond donors (Lipinski definition) is 2. The van der Waals surface area contributed by atoms with Gasteiger partial charge in [-0.1, -0.05) is 25.8 Å². The molecule has 0 saturated carbocycles. The summed E-state index contributed by atoms with van der Waals surface area (Å²) >= 11 is 0. The minimum Gasteiger partial charge on any atom is -0.389 e. The number of aliphatic hydroxyl groups is 1. The van der Waals surface area contributed by atoms with Gasteiger partial charge in [-0.15, -0.1) is 6.42 Å². The third-order valence-electron chi connectivity index (χ3n) is 2.37. The summed E-state index contributed by atoms with van der Waals surface area (Å²) in [7, 11) is 0. The van der Waals surface area contributed by atoms with E-state index in [0.29, 0.717) is 18.9 Å². The molecule has 0 aliphatic heterocycles. The molecule has 0 aromatic heterocycles. The van der Waals surface area contributed by atoms with E-state index in [-0.39, 0.29) is 5.91 Å². The first-order valence-corrected chi connectivity index (χ1v) is 6.81. The van der Waals surface area contributed by atoms with E-state index in [0.717, 1.165) is 12.8 Å². The van der Waals surface area contributed by atoms with Crippen molar-refractivity contribution in [2.45, 2.75) is 39.2 Å². The molecule has 0 rings (SSSR count). The van der Waals surface area contributed by atoms with E-state index in [1.165, 1.54) is 0 Å². The minimum atomic E-state index is -0.523. The second-order valence-corrected chi connectivity index (χ2v) is 4.81. The van der Waals surface area contributed by atoms with Crippen LogP contribution in [-0.4, -0.2) is 23.7 Å². The molecule has 108 valence electrons. The zero-order chi connectivity index (χ0) is 15.2. The Kier molecular flexibility index (Phi) is 10.9. The van der Waals surface area contributed by atoms with Gasteiger partial charge >= 0.3 is 0 Å². The van der Waals surface area contributed by atoms with Crippen molar-refractivity contribution in [2.75, 3.05) is 6.54 Å². The van der Waals surface area contributed by atoms with Crippen molar-refractivity contribution in [1.82, 2.24) is 5.32 Å². The Morgan fingerprint density at radius 1 is 1.45 bits per heavy atom. The molecular weight excluding hydrogens is 250 g/mol.